The topological polar surface area (TPSA) is 103 Å². The normalized spacial score (nSPS) is 11.5. The minimum atomic E-state index is -5.52. The fourth-order valence-electron chi connectivity index (χ4n) is 1.20. The molecule has 0 radical (unpaired) electrons. The summed E-state index contributed by atoms with van der Waals surface area (Å²) in [5, 5.41) is 19.2. The van der Waals surface area contributed by atoms with Crippen LogP contribution in [0.4, 0.5) is 27.6 Å². The lowest BCUT2D eigenvalue weighted by Gasteiger charge is -2.13. The lowest BCUT2D eigenvalue weighted by molar-refractivity contribution is -0.389. The van der Waals surface area contributed by atoms with Gasteiger partial charge in [-0.25, -0.2) is 18.6 Å². The van der Waals surface area contributed by atoms with E-state index < -0.39 is 46.4 Å². The van der Waals surface area contributed by atoms with Gasteiger partial charge in [0.2, 0.25) is 11.4 Å². The molecule has 1 aromatic rings. The molecule has 1 heterocycles. The van der Waals surface area contributed by atoms with E-state index in [2.05, 4.69) is 9.72 Å². The minimum absolute atomic E-state index is 0.0716. The van der Waals surface area contributed by atoms with E-state index >= 15 is 0 Å². The zero-order valence-corrected chi connectivity index (χ0v) is 9.02. The van der Waals surface area contributed by atoms with Crippen molar-refractivity contribution in [2.75, 3.05) is 0 Å². The Hall–Kier alpha value is -2.53. The third-order valence-electron chi connectivity index (χ3n) is 1.87. The highest BCUT2D eigenvalue weighted by Gasteiger charge is 2.40. The van der Waals surface area contributed by atoms with Gasteiger partial charge in [0.05, 0.1) is 10.5 Å². The molecule has 0 unspecified atom stereocenters. The van der Waals surface area contributed by atoms with E-state index in [4.69, 9.17) is 5.11 Å². The predicted molar refractivity (Wildman–Crippen MR) is 49.5 cm³/mol. The van der Waals surface area contributed by atoms with Gasteiger partial charge in [-0.3, -0.25) is 10.1 Å². The lowest BCUT2D eigenvalue weighted by atomic mass is 10.2. The van der Waals surface area contributed by atoms with Crippen LogP contribution in [0.5, 0.6) is 5.75 Å². The molecule has 1 rings (SSSR count). The smallest absolute Gasteiger partial charge is 0.476 e. The van der Waals surface area contributed by atoms with Gasteiger partial charge in [0.1, 0.15) is 0 Å². The highest BCUT2D eigenvalue weighted by Crippen LogP contribution is 2.40. The second-order valence-corrected chi connectivity index (χ2v) is 3.15. The molecule has 12 heteroatoms. The summed E-state index contributed by atoms with van der Waals surface area (Å²) in [6.07, 6.45) is -9.03. The zero-order valence-electron chi connectivity index (χ0n) is 9.02. The predicted octanol–water partition coefficient (Wildman–Crippen LogP) is 2.52. The molecule has 0 fully saturated rings. The van der Waals surface area contributed by atoms with Crippen molar-refractivity contribution in [2.45, 2.75) is 12.8 Å². The molecule has 0 aliphatic rings. The van der Waals surface area contributed by atoms with Crippen molar-refractivity contribution in [2.24, 2.45) is 0 Å². The zero-order chi connectivity index (χ0) is 15.7. The van der Waals surface area contributed by atoms with Crippen LogP contribution in [0, 0.1) is 10.1 Å². The average molecular weight is 302 g/mol. The first-order valence-electron chi connectivity index (χ1n) is 4.49. The summed E-state index contributed by atoms with van der Waals surface area (Å²) in [4.78, 5) is 22.5. The molecule has 110 valence electrons. The molecule has 20 heavy (non-hydrogen) atoms. The molecular weight excluding hydrogens is 299 g/mol. The first-order valence-corrected chi connectivity index (χ1v) is 4.49. The second-order valence-electron chi connectivity index (χ2n) is 3.15. The van der Waals surface area contributed by atoms with Crippen molar-refractivity contribution in [3.63, 3.8) is 0 Å². The highest BCUT2D eigenvalue weighted by molar-refractivity contribution is 5.91. The van der Waals surface area contributed by atoms with Crippen LogP contribution in [-0.4, -0.2) is 27.3 Å². The Morgan fingerprint density at radius 3 is 2.35 bits per heavy atom. The Balaban J connectivity index is 3.65. The highest BCUT2D eigenvalue weighted by atomic mass is 19.4. The third kappa shape index (κ3) is 3.27. The number of ether oxygens (including phenoxy) is 1. The van der Waals surface area contributed by atoms with Crippen LogP contribution in [0.25, 0.3) is 0 Å². The maximum Gasteiger partial charge on any atom is 0.573 e. The number of carboxylic acid groups (broad SMARTS) is 1. The Morgan fingerprint density at radius 2 is 2.00 bits per heavy atom. The summed E-state index contributed by atoms with van der Waals surface area (Å²) in [7, 11) is 0. The Labute approximate surface area is 105 Å². The molecule has 0 bridgehead atoms. The number of rotatable bonds is 4. The third-order valence-corrected chi connectivity index (χ3v) is 1.87. The van der Waals surface area contributed by atoms with Gasteiger partial charge in [0.25, 0.3) is 6.43 Å². The quantitative estimate of drug-likeness (QED) is 0.521. The Kier molecular flexibility index (Phi) is 4.06. The number of hydrogen-bond donors (Lipinski definition) is 1. The summed E-state index contributed by atoms with van der Waals surface area (Å²) in [6.45, 7) is 0. The summed E-state index contributed by atoms with van der Waals surface area (Å²) < 4.78 is 64.5. The molecule has 1 N–H and O–H groups in total. The van der Waals surface area contributed by atoms with Gasteiger partial charge in [-0.15, -0.1) is 13.2 Å². The van der Waals surface area contributed by atoms with Crippen LogP contribution >= 0.6 is 0 Å². The monoisotopic (exact) mass is 302 g/mol. The van der Waals surface area contributed by atoms with Gasteiger partial charge < -0.3 is 9.84 Å². The molecule has 0 atom stereocenters. The SMILES string of the molecule is O=C(O)c1ncc(C(F)F)c(OC(F)(F)F)c1[N+](=O)[O-]. The molecule has 0 aliphatic carbocycles. The van der Waals surface area contributed by atoms with Crippen LogP contribution in [0.2, 0.25) is 0 Å². The molecule has 0 saturated carbocycles. The fraction of sp³-hybridized carbons (Fsp3) is 0.250. The maximum absolute atomic E-state index is 12.5. The van der Waals surface area contributed by atoms with Crippen LogP contribution in [-0.2, 0) is 0 Å². The van der Waals surface area contributed by atoms with Crippen LogP contribution < -0.4 is 4.74 Å². The number of carboxylic acids is 1. The van der Waals surface area contributed by atoms with E-state index in [-0.39, 0.29) is 6.20 Å². The summed E-state index contributed by atoms with van der Waals surface area (Å²) in [5.41, 5.74) is -4.79. The molecule has 0 saturated heterocycles. The van der Waals surface area contributed by atoms with Crippen molar-refractivity contribution in [3.05, 3.63) is 27.6 Å². The number of aromatic nitrogens is 1. The largest absolute Gasteiger partial charge is 0.573 e. The number of carbonyl (C=O) groups is 1. The first-order chi connectivity index (χ1) is 9.04. The average Bonchev–Trinajstić information content (AvgIpc) is 2.24. The number of aromatic carboxylic acids is 1. The molecule has 0 spiro atoms. The van der Waals surface area contributed by atoms with Gasteiger partial charge in [0, 0.05) is 6.20 Å². The number of alkyl halides is 5. The van der Waals surface area contributed by atoms with Crippen LogP contribution in [0.15, 0.2) is 6.20 Å². The number of nitrogens with zero attached hydrogens (tertiary/aromatic N) is 2. The summed E-state index contributed by atoms with van der Waals surface area (Å²) >= 11 is 0. The molecule has 0 aromatic carbocycles. The van der Waals surface area contributed by atoms with Gasteiger partial charge >= 0.3 is 18.0 Å². The number of nitro groups is 1. The summed E-state index contributed by atoms with van der Waals surface area (Å²) in [5.74, 6) is -3.96. The summed E-state index contributed by atoms with van der Waals surface area (Å²) in [6, 6.07) is 0. The standard InChI is InChI=1S/C8H3F5N2O5/c9-6(10)2-1-14-3(7(16)17)4(15(18)19)5(2)20-8(11,12)13/h1,6H,(H,16,17). The second kappa shape index (κ2) is 5.22. The van der Waals surface area contributed by atoms with Gasteiger partial charge in [0.15, 0.2) is 0 Å². The van der Waals surface area contributed by atoms with E-state index in [1.54, 1.807) is 0 Å². The first kappa shape index (κ1) is 15.5. The van der Waals surface area contributed by atoms with Crippen molar-refractivity contribution >= 4 is 11.7 Å². The minimum Gasteiger partial charge on any atom is -0.476 e. The molecule has 0 aliphatic heterocycles. The van der Waals surface area contributed by atoms with Gasteiger partial charge in [-0.2, -0.15) is 0 Å². The maximum atomic E-state index is 12.5. The lowest BCUT2D eigenvalue weighted by Crippen LogP contribution is -2.20. The van der Waals surface area contributed by atoms with E-state index in [1.165, 1.54) is 0 Å². The van der Waals surface area contributed by atoms with Crippen LogP contribution in [0.1, 0.15) is 22.5 Å². The van der Waals surface area contributed by atoms with Crippen molar-refractivity contribution in [1.82, 2.24) is 4.98 Å². The van der Waals surface area contributed by atoms with Gasteiger partial charge in [-0.05, 0) is 0 Å². The number of pyridine rings is 1. The number of hydrogen-bond acceptors (Lipinski definition) is 5. The van der Waals surface area contributed by atoms with E-state index in [1.807, 2.05) is 0 Å². The van der Waals surface area contributed by atoms with E-state index in [0.29, 0.717) is 0 Å². The molecule has 7 nitrogen and oxygen atoms in total. The van der Waals surface area contributed by atoms with E-state index in [0.717, 1.165) is 0 Å². The van der Waals surface area contributed by atoms with Crippen LogP contribution in [0.3, 0.4) is 0 Å². The number of halogens is 5. The Morgan fingerprint density at radius 1 is 1.45 bits per heavy atom. The molecule has 0 amide bonds. The van der Waals surface area contributed by atoms with E-state index in [9.17, 15) is 36.9 Å². The molecule has 1 aromatic heterocycles. The Bertz CT molecular complexity index is 559. The van der Waals surface area contributed by atoms with Crippen molar-refractivity contribution < 1.29 is 41.5 Å². The van der Waals surface area contributed by atoms with Crippen molar-refractivity contribution in [1.29, 1.82) is 0 Å². The van der Waals surface area contributed by atoms with Gasteiger partial charge in [-0.1, -0.05) is 0 Å². The van der Waals surface area contributed by atoms with Crippen molar-refractivity contribution in [3.8, 4) is 5.75 Å². The molecular formula is C8H3F5N2O5. The fourth-order valence-corrected chi connectivity index (χ4v) is 1.20.